The average molecular weight is 343 g/mol. The van der Waals surface area contributed by atoms with Gasteiger partial charge in [-0.1, -0.05) is 11.8 Å². The number of anilines is 1. The number of carbonyl (C=O) groups is 1. The van der Waals surface area contributed by atoms with Gasteiger partial charge in [-0.15, -0.1) is 5.10 Å². The topological polar surface area (TPSA) is 81.2 Å². The van der Waals surface area contributed by atoms with E-state index in [9.17, 15) is 4.79 Å². The van der Waals surface area contributed by atoms with Gasteiger partial charge in [-0.3, -0.25) is 9.48 Å². The highest BCUT2D eigenvalue weighted by Gasteiger charge is 2.34. The van der Waals surface area contributed by atoms with Gasteiger partial charge < -0.3 is 4.90 Å². The Labute approximate surface area is 142 Å². The zero-order valence-corrected chi connectivity index (χ0v) is 14.5. The minimum Gasteiger partial charge on any atom is -0.308 e. The van der Waals surface area contributed by atoms with Crippen molar-refractivity contribution in [3.63, 3.8) is 0 Å². The highest BCUT2D eigenvalue weighted by atomic mass is 32.2. The zero-order valence-electron chi connectivity index (χ0n) is 13.7. The standard InChI is InChI=1S/C15H17N7OS/c1-9-6-10(2)22-14(17-9)18-15(19-22)24-12-4-5-21(13(12)23)11-7-16-20(3)8-11/h6-8,12H,4-5H2,1-3H3/t12-/m0/s1. The Morgan fingerprint density at radius 2 is 2.12 bits per heavy atom. The Hall–Kier alpha value is -2.42. The molecule has 4 rings (SSSR count). The molecule has 0 N–H and O–H groups in total. The summed E-state index contributed by atoms with van der Waals surface area (Å²) in [6, 6.07) is 1.96. The molecule has 0 bridgehead atoms. The first-order valence-corrected chi connectivity index (χ1v) is 8.57. The molecule has 24 heavy (non-hydrogen) atoms. The van der Waals surface area contributed by atoms with E-state index in [4.69, 9.17) is 0 Å². The molecule has 1 aliphatic rings. The van der Waals surface area contributed by atoms with Crippen LogP contribution < -0.4 is 4.90 Å². The molecule has 9 heteroatoms. The summed E-state index contributed by atoms with van der Waals surface area (Å²) in [5.74, 6) is 0.650. The van der Waals surface area contributed by atoms with E-state index in [1.54, 1.807) is 20.3 Å². The van der Waals surface area contributed by atoms with Gasteiger partial charge in [-0.05, 0) is 26.3 Å². The van der Waals surface area contributed by atoms with E-state index in [2.05, 4.69) is 20.2 Å². The van der Waals surface area contributed by atoms with Gasteiger partial charge >= 0.3 is 0 Å². The summed E-state index contributed by atoms with van der Waals surface area (Å²) in [6.07, 6.45) is 4.33. The number of hydrogen-bond acceptors (Lipinski definition) is 6. The van der Waals surface area contributed by atoms with Crippen LogP contribution in [0.3, 0.4) is 0 Å². The van der Waals surface area contributed by atoms with Crippen LogP contribution in [0.1, 0.15) is 17.8 Å². The van der Waals surface area contributed by atoms with Crippen molar-refractivity contribution in [2.75, 3.05) is 11.4 Å². The van der Waals surface area contributed by atoms with Gasteiger partial charge in [0.15, 0.2) is 0 Å². The highest BCUT2D eigenvalue weighted by molar-refractivity contribution is 8.00. The lowest BCUT2D eigenvalue weighted by molar-refractivity contribution is -0.116. The fourth-order valence-electron chi connectivity index (χ4n) is 2.89. The first kappa shape index (κ1) is 15.1. The lowest BCUT2D eigenvalue weighted by atomic mass is 10.4. The van der Waals surface area contributed by atoms with Crippen LogP contribution in [0.5, 0.6) is 0 Å². The number of hydrogen-bond donors (Lipinski definition) is 0. The number of rotatable bonds is 3. The van der Waals surface area contributed by atoms with E-state index in [0.717, 1.165) is 23.5 Å². The van der Waals surface area contributed by atoms with Crippen molar-refractivity contribution in [1.82, 2.24) is 29.4 Å². The molecule has 0 spiro atoms. The van der Waals surface area contributed by atoms with Gasteiger partial charge in [0.2, 0.25) is 11.1 Å². The van der Waals surface area contributed by atoms with Gasteiger partial charge in [0, 0.05) is 31.2 Å². The molecule has 1 atom stereocenters. The molecule has 1 fully saturated rings. The fourth-order valence-corrected chi connectivity index (χ4v) is 3.86. The summed E-state index contributed by atoms with van der Waals surface area (Å²) in [7, 11) is 1.84. The predicted molar refractivity (Wildman–Crippen MR) is 90.1 cm³/mol. The predicted octanol–water partition coefficient (Wildman–Crippen LogP) is 1.37. The van der Waals surface area contributed by atoms with Gasteiger partial charge in [0.25, 0.3) is 5.78 Å². The second-order valence-corrected chi connectivity index (χ2v) is 7.07. The Morgan fingerprint density at radius 3 is 2.88 bits per heavy atom. The number of carbonyl (C=O) groups excluding carboxylic acids is 1. The number of thioether (sulfide) groups is 1. The van der Waals surface area contributed by atoms with Crippen LogP contribution in [0.25, 0.3) is 5.78 Å². The minimum absolute atomic E-state index is 0.0766. The molecule has 1 saturated heterocycles. The van der Waals surface area contributed by atoms with Crippen molar-refractivity contribution >= 4 is 29.1 Å². The van der Waals surface area contributed by atoms with Crippen LogP contribution >= 0.6 is 11.8 Å². The van der Waals surface area contributed by atoms with Gasteiger partial charge in [0.1, 0.15) is 0 Å². The molecule has 1 amide bonds. The van der Waals surface area contributed by atoms with E-state index in [1.807, 2.05) is 33.2 Å². The maximum absolute atomic E-state index is 12.6. The van der Waals surface area contributed by atoms with Crippen LogP contribution in [0.2, 0.25) is 0 Å². The SMILES string of the molecule is Cc1cc(C)n2nc(S[C@H]3CCN(c4cnn(C)c4)C3=O)nc2n1. The molecular weight excluding hydrogens is 326 g/mol. The Morgan fingerprint density at radius 1 is 1.29 bits per heavy atom. The summed E-state index contributed by atoms with van der Waals surface area (Å²) >= 11 is 1.40. The van der Waals surface area contributed by atoms with Crippen LogP contribution in [0.15, 0.2) is 23.6 Å². The largest absolute Gasteiger partial charge is 0.308 e. The smallest absolute Gasteiger partial charge is 0.253 e. The molecule has 3 aromatic rings. The fraction of sp³-hybridized carbons (Fsp3) is 0.400. The molecular formula is C15H17N7OS. The number of aryl methyl sites for hydroxylation is 3. The van der Waals surface area contributed by atoms with Crippen molar-refractivity contribution in [3.8, 4) is 0 Å². The van der Waals surface area contributed by atoms with Gasteiger partial charge in [-0.2, -0.15) is 10.1 Å². The average Bonchev–Trinajstić information content (AvgIpc) is 3.20. The van der Waals surface area contributed by atoms with Crippen LogP contribution in [-0.2, 0) is 11.8 Å². The number of amides is 1. The molecule has 0 radical (unpaired) electrons. The number of aromatic nitrogens is 6. The minimum atomic E-state index is -0.177. The Bertz CT molecular complexity index is 931. The van der Waals surface area contributed by atoms with Crippen molar-refractivity contribution in [3.05, 3.63) is 29.8 Å². The summed E-state index contributed by atoms with van der Waals surface area (Å²) in [5, 5.41) is 9.01. The van der Waals surface area contributed by atoms with Crippen molar-refractivity contribution in [1.29, 1.82) is 0 Å². The van der Waals surface area contributed by atoms with E-state index >= 15 is 0 Å². The molecule has 1 aliphatic heterocycles. The lowest BCUT2D eigenvalue weighted by Gasteiger charge is -2.13. The molecule has 0 saturated carbocycles. The second-order valence-electron chi connectivity index (χ2n) is 5.90. The first-order chi connectivity index (χ1) is 11.5. The molecule has 0 aliphatic carbocycles. The lowest BCUT2D eigenvalue weighted by Crippen LogP contribution is -2.27. The van der Waals surface area contributed by atoms with Gasteiger partial charge in [-0.25, -0.2) is 9.50 Å². The van der Waals surface area contributed by atoms with E-state index < -0.39 is 0 Å². The normalized spacial score (nSPS) is 18.0. The monoisotopic (exact) mass is 343 g/mol. The third kappa shape index (κ3) is 2.54. The van der Waals surface area contributed by atoms with Crippen LogP contribution in [0.4, 0.5) is 5.69 Å². The molecule has 8 nitrogen and oxygen atoms in total. The number of fused-ring (bicyclic) bond motifs is 1. The van der Waals surface area contributed by atoms with E-state index in [0.29, 0.717) is 17.5 Å². The quantitative estimate of drug-likeness (QED) is 0.714. The molecule has 124 valence electrons. The Balaban J connectivity index is 1.56. The van der Waals surface area contributed by atoms with Crippen LogP contribution in [-0.4, -0.2) is 47.1 Å². The second kappa shape index (κ2) is 5.59. The highest BCUT2D eigenvalue weighted by Crippen LogP contribution is 2.31. The van der Waals surface area contributed by atoms with E-state index in [1.165, 1.54) is 11.8 Å². The summed E-state index contributed by atoms with van der Waals surface area (Å²) < 4.78 is 3.41. The summed E-state index contributed by atoms with van der Waals surface area (Å²) in [4.78, 5) is 23.3. The zero-order chi connectivity index (χ0) is 16.8. The number of nitrogens with zero attached hydrogens (tertiary/aromatic N) is 7. The molecule has 0 aromatic carbocycles. The van der Waals surface area contributed by atoms with Crippen molar-refractivity contribution in [2.24, 2.45) is 7.05 Å². The van der Waals surface area contributed by atoms with Crippen LogP contribution in [0, 0.1) is 13.8 Å². The third-order valence-corrected chi connectivity index (χ3v) is 5.11. The molecule has 4 heterocycles. The maximum Gasteiger partial charge on any atom is 0.253 e. The summed E-state index contributed by atoms with van der Waals surface area (Å²) in [5.41, 5.74) is 2.72. The maximum atomic E-state index is 12.6. The third-order valence-electron chi connectivity index (χ3n) is 4.01. The Kier molecular flexibility index (Phi) is 3.52. The first-order valence-electron chi connectivity index (χ1n) is 7.69. The molecule has 3 aromatic heterocycles. The summed E-state index contributed by atoms with van der Waals surface area (Å²) in [6.45, 7) is 4.59. The van der Waals surface area contributed by atoms with Crippen molar-refractivity contribution in [2.45, 2.75) is 30.7 Å². The molecule has 0 unspecified atom stereocenters. The van der Waals surface area contributed by atoms with Crippen molar-refractivity contribution < 1.29 is 4.79 Å². The van der Waals surface area contributed by atoms with E-state index in [-0.39, 0.29) is 11.2 Å². The van der Waals surface area contributed by atoms with Gasteiger partial charge in [0.05, 0.1) is 17.1 Å².